The van der Waals surface area contributed by atoms with Gasteiger partial charge >= 0.3 is 13.3 Å². The van der Waals surface area contributed by atoms with Gasteiger partial charge in [-0.05, 0) is 11.5 Å². The molecule has 1 aromatic rings. The molecule has 1 atom stereocenters. The van der Waals surface area contributed by atoms with Gasteiger partial charge in [-0.1, -0.05) is 0 Å². The van der Waals surface area contributed by atoms with Crippen LogP contribution in [0.4, 0.5) is 22.0 Å². The second-order valence-corrected chi connectivity index (χ2v) is 3.81. The van der Waals surface area contributed by atoms with E-state index < -0.39 is 42.4 Å². The molecule has 16 heavy (non-hydrogen) atoms. The molecule has 0 heterocycles. The molecule has 8 heteroatoms. The van der Waals surface area contributed by atoms with Gasteiger partial charge in [-0.2, -0.15) is 8.78 Å². The van der Waals surface area contributed by atoms with Crippen molar-refractivity contribution in [1.29, 1.82) is 0 Å². The molecule has 0 spiro atoms. The number of hydrogen-bond donors (Lipinski definition) is 0. The molecule has 0 radical (unpaired) electrons. The lowest BCUT2D eigenvalue weighted by Crippen LogP contribution is -2.17. The number of hydrogen-bond acceptors (Lipinski definition) is 2. The fourth-order valence-electron chi connectivity index (χ4n) is 0.935. The van der Waals surface area contributed by atoms with Gasteiger partial charge in [-0.25, -0.2) is 13.2 Å². The molecular formula is C8H5F5O2P+. The predicted molar refractivity (Wildman–Crippen MR) is 45.1 cm³/mol. The lowest BCUT2D eigenvalue weighted by atomic mass is 10.3. The van der Waals surface area contributed by atoms with Crippen molar-refractivity contribution in [2.45, 2.75) is 6.92 Å². The summed E-state index contributed by atoms with van der Waals surface area (Å²) >= 11 is 0. The quantitative estimate of drug-likeness (QED) is 0.361. The first-order valence-corrected chi connectivity index (χ1v) is 5.21. The van der Waals surface area contributed by atoms with E-state index >= 15 is 0 Å². The minimum absolute atomic E-state index is 0.186. The number of benzene rings is 1. The maximum absolute atomic E-state index is 13.0. The summed E-state index contributed by atoms with van der Waals surface area (Å²) in [5, 5.41) is -1.44. The van der Waals surface area contributed by atoms with E-state index in [2.05, 4.69) is 4.52 Å². The highest BCUT2D eigenvalue weighted by Gasteiger charge is 2.39. The summed E-state index contributed by atoms with van der Waals surface area (Å²) in [6, 6.07) is 0. The first kappa shape index (κ1) is 13.0. The minimum Gasteiger partial charge on any atom is -0.200 e. The molecule has 0 aliphatic rings. The summed E-state index contributed by atoms with van der Waals surface area (Å²) in [5.41, 5.74) is 0. The fraction of sp³-hybridized carbons (Fsp3) is 0.250. The van der Waals surface area contributed by atoms with Crippen molar-refractivity contribution in [2.75, 3.05) is 6.61 Å². The van der Waals surface area contributed by atoms with E-state index in [-0.39, 0.29) is 6.61 Å². The van der Waals surface area contributed by atoms with Crippen LogP contribution in [0.25, 0.3) is 0 Å². The lowest BCUT2D eigenvalue weighted by Gasteiger charge is -1.99. The van der Waals surface area contributed by atoms with Crippen LogP contribution >= 0.6 is 8.03 Å². The molecule has 88 valence electrons. The average Bonchev–Trinajstić information content (AvgIpc) is 2.24. The fourth-order valence-corrected chi connectivity index (χ4v) is 1.82. The highest BCUT2D eigenvalue weighted by Crippen LogP contribution is 2.28. The minimum atomic E-state index is -3.11. The van der Waals surface area contributed by atoms with Crippen LogP contribution in [-0.4, -0.2) is 6.61 Å². The molecular weight excluding hydrogens is 254 g/mol. The Hall–Kier alpha value is -1.07. The summed E-state index contributed by atoms with van der Waals surface area (Å²) in [4.78, 5) is 0. The molecule has 0 aliphatic carbocycles. The van der Waals surface area contributed by atoms with Crippen LogP contribution in [0.2, 0.25) is 0 Å². The van der Waals surface area contributed by atoms with E-state index in [1.165, 1.54) is 6.92 Å². The normalized spacial score (nSPS) is 11.8. The molecule has 2 nitrogen and oxygen atoms in total. The molecule has 1 rings (SSSR count). The van der Waals surface area contributed by atoms with Crippen LogP contribution in [0.3, 0.4) is 0 Å². The Balaban J connectivity index is 3.45. The van der Waals surface area contributed by atoms with Gasteiger partial charge in [0, 0.05) is 0 Å². The molecule has 1 aromatic carbocycles. The van der Waals surface area contributed by atoms with Crippen molar-refractivity contribution in [3.63, 3.8) is 0 Å². The van der Waals surface area contributed by atoms with Crippen molar-refractivity contribution in [3.05, 3.63) is 29.1 Å². The molecule has 0 aromatic heterocycles. The first-order valence-electron chi connectivity index (χ1n) is 4.03. The van der Waals surface area contributed by atoms with Crippen LogP contribution in [-0.2, 0) is 9.09 Å². The Morgan fingerprint density at radius 1 is 0.938 bits per heavy atom. The number of rotatable bonds is 3. The van der Waals surface area contributed by atoms with E-state index in [0.29, 0.717) is 0 Å². The van der Waals surface area contributed by atoms with E-state index in [1.54, 1.807) is 0 Å². The summed E-state index contributed by atoms with van der Waals surface area (Å²) in [6.45, 7) is 1.17. The van der Waals surface area contributed by atoms with Gasteiger partial charge < -0.3 is 0 Å². The van der Waals surface area contributed by atoms with Crippen LogP contribution < -0.4 is 5.30 Å². The van der Waals surface area contributed by atoms with E-state index in [0.717, 1.165) is 0 Å². The second kappa shape index (κ2) is 4.84. The van der Waals surface area contributed by atoms with Crippen LogP contribution in [0.15, 0.2) is 0 Å². The first-order chi connectivity index (χ1) is 7.41. The zero-order valence-electron chi connectivity index (χ0n) is 7.86. The van der Waals surface area contributed by atoms with Crippen molar-refractivity contribution in [1.82, 2.24) is 0 Å². The highest BCUT2D eigenvalue weighted by molar-refractivity contribution is 7.48. The summed E-state index contributed by atoms with van der Waals surface area (Å²) in [5.74, 6) is -10.8. The Kier molecular flexibility index (Phi) is 3.93. The topological polar surface area (TPSA) is 26.3 Å². The standard InChI is InChI=1S/C8H5F5O2P/c1-2-15-16(14)8-6(12)4(10)3(9)5(11)7(8)13/h2H2,1H3/q+1. The summed E-state index contributed by atoms with van der Waals surface area (Å²) in [6.07, 6.45) is 0. The molecule has 0 amide bonds. The monoisotopic (exact) mass is 259 g/mol. The van der Waals surface area contributed by atoms with Gasteiger partial charge in [0.15, 0.2) is 0 Å². The van der Waals surface area contributed by atoms with Gasteiger partial charge in [0.05, 0.1) is 0 Å². The van der Waals surface area contributed by atoms with E-state index in [1.807, 2.05) is 0 Å². The average molecular weight is 259 g/mol. The molecule has 0 N–H and O–H groups in total. The molecule has 0 bridgehead atoms. The summed E-state index contributed by atoms with van der Waals surface area (Å²) < 4.78 is 79.3. The summed E-state index contributed by atoms with van der Waals surface area (Å²) in [7, 11) is -3.11. The largest absolute Gasteiger partial charge is 0.555 e. The third-order valence-electron chi connectivity index (χ3n) is 1.62. The molecule has 0 aliphatic heterocycles. The lowest BCUT2D eigenvalue weighted by molar-refractivity contribution is 0.350. The SMILES string of the molecule is CCO[P+](=O)c1c(F)c(F)c(F)c(F)c1F. The zero-order valence-corrected chi connectivity index (χ0v) is 8.76. The van der Waals surface area contributed by atoms with Crippen LogP contribution in [0.5, 0.6) is 0 Å². The second-order valence-electron chi connectivity index (χ2n) is 2.59. The zero-order chi connectivity index (χ0) is 12.5. The molecule has 0 saturated carbocycles. The van der Waals surface area contributed by atoms with Crippen molar-refractivity contribution < 1.29 is 31.0 Å². The van der Waals surface area contributed by atoms with E-state index in [4.69, 9.17) is 0 Å². The number of halogens is 5. The van der Waals surface area contributed by atoms with Gasteiger partial charge in [-0.3, -0.25) is 0 Å². The Morgan fingerprint density at radius 2 is 1.31 bits per heavy atom. The Morgan fingerprint density at radius 3 is 1.69 bits per heavy atom. The van der Waals surface area contributed by atoms with Crippen LogP contribution in [0.1, 0.15) is 6.92 Å². The smallest absolute Gasteiger partial charge is 0.200 e. The Bertz CT molecular complexity index is 420. The van der Waals surface area contributed by atoms with Gasteiger partial charge in [0.2, 0.25) is 29.1 Å². The van der Waals surface area contributed by atoms with E-state index in [9.17, 15) is 26.5 Å². The van der Waals surface area contributed by atoms with Crippen molar-refractivity contribution in [3.8, 4) is 0 Å². The predicted octanol–water partition coefficient (Wildman–Crippen LogP) is 2.79. The Labute approximate surface area is 87.9 Å². The maximum atomic E-state index is 13.0. The molecule has 0 saturated heterocycles. The molecule has 0 fully saturated rings. The maximum Gasteiger partial charge on any atom is 0.555 e. The van der Waals surface area contributed by atoms with Crippen molar-refractivity contribution >= 4 is 13.3 Å². The van der Waals surface area contributed by atoms with Gasteiger partial charge in [0.25, 0.3) is 0 Å². The molecule has 1 unspecified atom stereocenters. The van der Waals surface area contributed by atoms with Crippen LogP contribution in [0, 0.1) is 29.1 Å². The van der Waals surface area contributed by atoms with Gasteiger partial charge in [-0.15, -0.1) is 4.52 Å². The third kappa shape index (κ3) is 2.05. The third-order valence-corrected chi connectivity index (χ3v) is 2.87. The van der Waals surface area contributed by atoms with Crippen molar-refractivity contribution in [2.24, 2.45) is 0 Å². The highest BCUT2D eigenvalue weighted by atomic mass is 31.1. The van der Waals surface area contributed by atoms with Gasteiger partial charge in [0.1, 0.15) is 6.61 Å².